The number of benzene rings is 1. The number of amides is 1. The van der Waals surface area contributed by atoms with Gasteiger partial charge in [0.25, 0.3) is 11.9 Å². The van der Waals surface area contributed by atoms with Gasteiger partial charge in [-0.2, -0.15) is 4.98 Å². The molecule has 5 nitrogen and oxygen atoms in total. The SMILES string of the molecule is CN(C(=O)c1coc(N)n1)c1ccccc1. The number of nitrogens with two attached hydrogens (primary N) is 1. The van der Waals surface area contributed by atoms with Crippen LogP contribution in [0.15, 0.2) is 41.0 Å². The van der Waals surface area contributed by atoms with Crippen molar-refractivity contribution in [2.75, 3.05) is 17.7 Å². The second-order valence-corrected chi connectivity index (χ2v) is 3.27. The Bertz CT molecular complexity index is 493. The Morgan fingerprint density at radius 3 is 2.62 bits per heavy atom. The first-order valence-corrected chi connectivity index (χ1v) is 4.72. The van der Waals surface area contributed by atoms with Crippen LogP contribution in [-0.4, -0.2) is 17.9 Å². The van der Waals surface area contributed by atoms with E-state index in [4.69, 9.17) is 10.2 Å². The summed E-state index contributed by atoms with van der Waals surface area (Å²) in [6.45, 7) is 0. The molecule has 16 heavy (non-hydrogen) atoms. The van der Waals surface area contributed by atoms with Gasteiger partial charge in [-0.3, -0.25) is 4.79 Å². The molecule has 0 fully saturated rings. The van der Waals surface area contributed by atoms with Crippen LogP contribution in [0, 0.1) is 0 Å². The van der Waals surface area contributed by atoms with Gasteiger partial charge in [-0.1, -0.05) is 18.2 Å². The molecule has 2 aromatic rings. The van der Waals surface area contributed by atoms with Crippen LogP contribution in [0.2, 0.25) is 0 Å². The number of nitrogen functional groups attached to an aromatic ring is 1. The van der Waals surface area contributed by atoms with E-state index in [1.807, 2.05) is 30.3 Å². The maximum Gasteiger partial charge on any atom is 0.292 e. The quantitative estimate of drug-likeness (QED) is 0.828. The molecule has 0 aliphatic rings. The van der Waals surface area contributed by atoms with E-state index in [0.29, 0.717) is 0 Å². The summed E-state index contributed by atoms with van der Waals surface area (Å²) in [5.74, 6) is -0.258. The number of carbonyl (C=O) groups excluding carboxylic acids is 1. The van der Waals surface area contributed by atoms with Crippen molar-refractivity contribution in [3.05, 3.63) is 42.3 Å². The molecule has 1 aromatic carbocycles. The summed E-state index contributed by atoms with van der Waals surface area (Å²) < 4.78 is 4.79. The van der Waals surface area contributed by atoms with Crippen LogP contribution in [-0.2, 0) is 0 Å². The summed E-state index contributed by atoms with van der Waals surface area (Å²) in [5.41, 5.74) is 6.29. The molecule has 0 unspecified atom stereocenters. The lowest BCUT2D eigenvalue weighted by atomic mass is 10.3. The number of nitrogens with zero attached hydrogens (tertiary/aromatic N) is 2. The zero-order chi connectivity index (χ0) is 11.5. The van der Waals surface area contributed by atoms with Crippen molar-refractivity contribution >= 4 is 17.6 Å². The maximum absolute atomic E-state index is 11.9. The van der Waals surface area contributed by atoms with Crippen LogP contribution in [0.4, 0.5) is 11.7 Å². The fourth-order valence-electron chi connectivity index (χ4n) is 1.33. The Kier molecular flexibility index (Phi) is 2.59. The third kappa shape index (κ3) is 1.88. The Labute approximate surface area is 92.5 Å². The molecule has 0 atom stereocenters. The fraction of sp³-hybridized carbons (Fsp3) is 0.0909. The van der Waals surface area contributed by atoms with Gasteiger partial charge < -0.3 is 15.1 Å². The summed E-state index contributed by atoms with van der Waals surface area (Å²) >= 11 is 0. The number of hydrogen-bond acceptors (Lipinski definition) is 4. The first kappa shape index (κ1) is 10.2. The van der Waals surface area contributed by atoms with Crippen LogP contribution >= 0.6 is 0 Å². The van der Waals surface area contributed by atoms with Crippen molar-refractivity contribution in [1.29, 1.82) is 0 Å². The molecular formula is C11H11N3O2. The lowest BCUT2D eigenvalue weighted by molar-refractivity contribution is 0.0988. The Morgan fingerprint density at radius 2 is 2.06 bits per heavy atom. The average Bonchev–Trinajstić information content (AvgIpc) is 2.75. The van der Waals surface area contributed by atoms with Gasteiger partial charge in [0.15, 0.2) is 5.69 Å². The number of aromatic nitrogens is 1. The van der Waals surface area contributed by atoms with Crippen molar-refractivity contribution in [2.24, 2.45) is 0 Å². The number of rotatable bonds is 2. The van der Waals surface area contributed by atoms with E-state index in [2.05, 4.69) is 4.98 Å². The van der Waals surface area contributed by atoms with E-state index in [1.165, 1.54) is 11.2 Å². The Balaban J connectivity index is 2.23. The third-order valence-corrected chi connectivity index (χ3v) is 2.19. The van der Waals surface area contributed by atoms with E-state index < -0.39 is 0 Å². The van der Waals surface area contributed by atoms with Gasteiger partial charge in [-0.05, 0) is 12.1 Å². The van der Waals surface area contributed by atoms with Crippen molar-refractivity contribution < 1.29 is 9.21 Å². The lowest BCUT2D eigenvalue weighted by Gasteiger charge is -2.15. The molecule has 2 N–H and O–H groups in total. The van der Waals surface area contributed by atoms with Crippen molar-refractivity contribution in [2.45, 2.75) is 0 Å². The predicted octanol–water partition coefficient (Wildman–Crippen LogP) is 1.53. The summed E-state index contributed by atoms with van der Waals surface area (Å²) in [6, 6.07) is 9.26. The molecule has 0 bridgehead atoms. The van der Waals surface area contributed by atoms with Crippen LogP contribution in [0.5, 0.6) is 0 Å². The first-order valence-electron chi connectivity index (χ1n) is 4.72. The normalized spacial score (nSPS) is 10.1. The van der Waals surface area contributed by atoms with Crippen molar-refractivity contribution in [1.82, 2.24) is 4.98 Å². The van der Waals surface area contributed by atoms with E-state index in [0.717, 1.165) is 5.69 Å². The maximum atomic E-state index is 11.9. The molecule has 5 heteroatoms. The van der Waals surface area contributed by atoms with Crippen LogP contribution < -0.4 is 10.6 Å². The number of anilines is 2. The highest BCUT2D eigenvalue weighted by Crippen LogP contribution is 2.14. The summed E-state index contributed by atoms with van der Waals surface area (Å²) in [6.07, 6.45) is 1.25. The molecule has 0 radical (unpaired) electrons. The van der Waals surface area contributed by atoms with Crippen LogP contribution in [0.25, 0.3) is 0 Å². The van der Waals surface area contributed by atoms with E-state index >= 15 is 0 Å². The molecule has 0 spiro atoms. The molecule has 1 heterocycles. The molecule has 1 aromatic heterocycles. The monoisotopic (exact) mass is 217 g/mol. The van der Waals surface area contributed by atoms with Gasteiger partial charge in [0, 0.05) is 12.7 Å². The molecule has 0 aliphatic heterocycles. The molecule has 82 valence electrons. The molecular weight excluding hydrogens is 206 g/mol. The standard InChI is InChI=1S/C11H11N3O2/c1-14(8-5-3-2-4-6-8)10(15)9-7-16-11(12)13-9/h2-7H,1H3,(H2,12,13). The van der Waals surface area contributed by atoms with Crippen molar-refractivity contribution in [3.63, 3.8) is 0 Å². The fourth-order valence-corrected chi connectivity index (χ4v) is 1.33. The van der Waals surface area contributed by atoms with Gasteiger partial charge in [0.1, 0.15) is 6.26 Å². The van der Waals surface area contributed by atoms with Gasteiger partial charge in [-0.25, -0.2) is 0 Å². The number of oxazole rings is 1. The molecule has 0 aliphatic carbocycles. The smallest absolute Gasteiger partial charge is 0.292 e. The Morgan fingerprint density at radius 1 is 1.38 bits per heavy atom. The average molecular weight is 217 g/mol. The largest absolute Gasteiger partial charge is 0.431 e. The van der Waals surface area contributed by atoms with Crippen LogP contribution in [0.3, 0.4) is 0 Å². The first-order chi connectivity index (χ1) is 7.68. The third-order valence-electron chi connectivity index (χ3n) is 2.19. The van der Waals surface area contributed by atoms with E-state index in [-0.39, 0.29) is 17.6 Å². The number of carbonyl (C=O) groups is 1. The highest BCUT2D eigenvalue weighted by Gasteiger charge is 2.16. The zero-order valence-electron chi connectivity index (χ0n) is 8.75. The number of para-hydroxylation sites is 1. The van der Waals surface area contributed by atoms with Crippen molar-refractivity contribution in [3.8, 4) is 0 Å². The van der Waals surface area contributed by atoms with Gasteiger partial charge in [0.2, 0.25) is 0 Å². The summed E-state index contributed by atoms with van der Waals surface area (Å²) in [5, 5.41) is 0. The van der Waals surface area contributed by atoms with Gasteiger partial charge in [-0.15, -0.1) is 0 Å². The molecule has 2 rings (SSSR count). The minimum Gasteiger partial charge on any atom is -0.431 e. The number of hydrogen-bond donors (Lipinski definition) is 1. The highest BCUT2D eigenvalue weighted by atomic mass is 16.4. The summed E-state index contributed by atoms with van der Waals surface area (Å²) in [7, 11) is 1.67. The Hall–Kier alpha value is -2.30. The van der Waals surface area contributed by atoms with E-state index in [9.17, 15) is 4.79 Å². The van der Waals surface area contributed by atoms with E-state index in [1.54, 1.807) is 7.05 Å². The second-order valence-electron chi connectivity index (χ2n) is 3.27. The minimum atomic E-state index is -0.258. The molecule has 1 amide bonds. The zero-order valence-corrected chi connectivity index (χ0v) is 8.75. The van der Waals surface area contributed by atoms with Gasteiger partial charge >= 0.3 is 0 Å². The van der Waals surface area contributed by atoms with Gasteiger partial charge in [0.05, 0.1) is 0 Å². The predicted molar refractivity (Wildman–Crippen MR) is 60.1 cm³/mol. The second kappa shape index (κ2) is 4.06. The molecule has 0 saturated carbocycles. The van der Waals surface area contributed by atoms with Crippen LogP contribution in [0.1, 0.15) is 10.5 Å². The summed E-state index contributed by atoms with van der Waals surface area (Å²) in [4.78, 5) is 17.2. The molecule has 0 saturated heterocycles. The highest BCUT2D eigenvalue weighted by molar-refractivity contribution is 6.04. The lowest BCUT2D eigenvalue weighted by Crippen LogP contribution is -2.26. The topological polar surface area (TPSA) is 72.4 Å². The minimum absolute atomic E-state index is 0.00943.